The van der Waals surface area contributed by atoms with Gasteiger partial charge < -0.3 is 4.90 Å². The fraction of sp³-hybridized carbons (Fsp3) is 1.00. The van der Waals surface area contributed by atoms with Crippen LogP contribution < -0.4 is 5.32 Å². The Kier molecular flexibility index (Phi) is 2.86. The summed E-state index contributed by atoms with van der Waals surface area (Å²) in [6.07, 6.45) is 4.03. The van der Waals surface area contributed by atoms with Gasteiger partial charge in [0.25, 0.3) is 0 Å². The molecule has 0 aromatic rings. The Morgan fingerprint density at radius 3 is 3.08 bits per heavy atom. The number of nitrogens with one attached hydrogen (secondary N) is 1. The highest BCUT2D eigenvalue weighted by molar-refractivity contribution is 8.00. The van der Waals surface area contributed by atoms with Gasteiger partial charge in [-0.2, -0.15) is 0 Å². The van der Waals surface area contributed by atoms with Crippen molar-refractivity contribution in [3.05, 3.63) is 0 Å². The number of rotatable bonds is 0. The van der Waals surface area contributed by atoms with Gasteiger partial charge in [-0.15, -0.1) is 11.8 Å². The zero-order valence-electron chi connectivity index (χ0n) is 8.68. The first kappa shape index (κ1) is 9.81. The van der Waals surface area contributed by atoms with Crippen LogP contribution in [0.25, 0.3) is 0 Å². The number of thioether (sulfide) groups is 1. The van der Waals surface area contributed by atoms with E-state index in [0.717, 1.165) is 0 Å². The number of piperidine rings is 1. The summed E-state index contributed by atoms with van der Waals surface area (Å²) >= 11 is 2.14. The topological polar surface area (TPSA) is 15.3 Å². The molecule has 2 saturated heterocycles. The van der Waals surface area contributed by atoms with Gasteiger partial charge in [-0.3, -0.25) is 5.32 Å². The zero-order chi connectivity index (χ0) is 9.31. The van der Waals surface area contributed by atoms with Gasteiger partial charge in [-0.25, -0.2) is 0 Å². The van der Waals surface area contributed by atoms with Crippen molar-refractivity contribution in [2.75, 3.05) is 25.9 Å². The minimum atomic E-state index is 0.394. The van der Waals surface area contributed by atoms with Crippen molar-refractivity contribution in [2.24, 2.45) is 0 Å². The Morgan fingerprint density at radius 2 is 2.38 bits per heavy atom. The van der Waals surface area contributed by atoms with Crippen LogP contribution in [0.2, 0.25) is 0 Å². The molecule has 0 amide bonds. The van der Waals surface area contributed by atoms with Crippen molar-refractivity contribution < 1.29 is 0 Å². The minimum Gasteiger partial charge on any atom is -0.304 e. The standard InChI is InChI=1S/C10H20N2S/c1-9-4-7-13-10(11-9)5-3-6-12(2)8-10/h9,11H,3-8H2,1-2H3. The number of likely N-dealkylation sites (tertiary alicyclic amines) is 1. The van der Waals surface area contributed by atoms with Crippen LogP contribution in [0.4, 0.5) is 0 Å². The summed E-state index contributed by atoms with van der Waals surface area (Å²) < 4.78 is 0. The lowest BCUT2D eigenvalue weighted by atomic mass is 10.0. The molecule has 2 nitrogen and oxygen atoms in total. The summed E-state index contributed by atoms with van der Waals surface area (Å²) in [5.74, 6) is 1.34. The molecule has 2 heterocycles. The molecule has 2 rings (SSSR count). The van der Waals surface area contributed by atoms with Gasteiger partial charge in [0.05, 0.1) is 4.87 Å². The fourth-order valence-corrected chi connectivity index (χ4v) is 4.21. The molecule has 0 aromatic carbocycles. The Labute approximate surface area is 85.4 Å². The Balaban J connectivity index is 2.00. The first-order chi connectivity index (χ1) is 6.20. The largest absolute Gasteiger partial charge is 0.304 e. The maximum absolute atomic E-state index is 3.78. The normalized spacial score (nSPS) is 42.5. The minimum absolute atomic E-state index is 0.394. The van der Waals surface area contributed by atoms with E-state index in [1.807, 2.05) is 0 Å². The smallest absolute Gasteiger partial charge is 0.0776 e. The number of likely N-dealkylation sites (N-methyl/N-ethyl adjacent to an activating group) is 1. The lowest BCUT2D eigenvalue weighted by molar-refractivity contribution is 0.192. The summed E-state index contributed by atoms with van der Waals surface area (Å²) in [6.45, 7) is 4.82. The predicted molar refractivity (Wildman–Crippen MR) is 59.1 cm³/mol. The van der Waals surface area contributed by atoms with Crippen LogP contribution >= 0.6 is 11.8 Å². The molecule has 0 aromatic heterocycles. The second-order valence-electron chi connectivity index (χ2n) is 4.52. The molecule has 3 heteroatoms. The van der Waals surface area contributed by atoms with Gasteiger partial charge in [0.15, 0.2) is 0 Å². The van der Waals surface area contributed by atoms with E-state index >= 15 is 0 Å². The third-order valence-corrected chi connectivity index (χ3v) is 4.53. The molecule has 1 spiro atoms. The molecule has 0 aliphatic carbocycles. The number of nitrogens with zero attached hydrogens (tertiary/aromatic N) is 1. The van der Waals surface area contributed by atoms with Crippen molar-refractivity contribution in [3.8, 4) is 0 Å². The van der Waals surface area contributed by atoms with Crippen LogP contribution in [-0.4, -0.2) is 41.7 Å². The molecular formula is C10H20N2S. The van der Waals surface area contributed by atoms with Crippen molar-refractivity contribution in [3.63, 3.8) is 0 Å². The molecule has 1 N–H and O–H groups in total. The summed E-state index contributed by atoms with van der Waals surface area (Å²) in [5.41, 5.74) is 0. The number of hydrogen-bond donors (Lipinski definition) is 1. The van der Waals surface area contributed by atoms with Crippen molar-refractivity contribution in [1.29, 1.82) is 0 Å². The first-order valence-electron chi connectivity index (χ1n) is 5.30. The van der Waals surface area contributed by atoms with Crippen LogP contribution in [0.3, 0.4) is 0 Å². The second-order valence-corrected chi connectivity index (χ2v) is 6.00. The Bertz CT molecular complexity index is 164. The summed E-state index contributed by atoms with van der Waals surface area (Å²) in [5, 5.41) is 3.78. The summed E-state index contributed by atoms with van der Waals surface area (Å²) in [4.78, 5) is 2.85. The number of hydrogen-bond acceptors (Lipinski definition) is 3. The molecule has 0 radical (unpaired) electrons. The van der Waals surface area contributed by atoms with Gasteiger partial charge >= 0.3 is 0 Å². The van der Waals surface area contributed by atoms with Crippen molar-refractivity contribution in [2.45, 2.75) is 37.1 Å². The molecule has 2 fully saturated rings. The molecule has 13 heavy (non-hydrogen) atoms. The van der Waals surface area contributed by atoms with E-state index in [1.165, 1.54) is 38.1 Å². The predicted octanol–water partition coefficient (Wildman–Crippen LogP) is 1.52. The van der Waals surface area contributed by atoms with Gasteiger partial charge in [-0.05, 0) is 45.5 Å². The summed E-state index contributed by atoms with van der Waals surface area (Å²) in [7, 11) is 2.24. The van der Waals surface area contributed by atoms with E-state index < -0.39 is 0 Å². The van der Waals surface area contributed by atoms with Crippen LogP contribution in [0, 0.1) is 0 Å². The summed E-state index contributed by atoms with van der Waals surface area (Å²) in [6, 6.07) is 0.716. The zero-order valence-corrected chi connectivity index (χ0v) is 9.49. The maximum atomic E-state index is 3.78. The van der Waals surface area contributed by atoms with E-state index in [0.29, 0.717) is 10.9 Å². The van der Waals surface area contributed by atoms with E-state index in [4.69, 9.17) is 0 Å². The van der Waals surface area contributed by atoms with Gasteiger partial charge in [-0.1, -0.05) is 0 Å². The Hall–Kier alpha value is 0.270. The van der Waals surface area contributed by atoms with Crippen molar-refractivity contribution >= 4 is 11.8 Å². The quantitative estimate of drug-likeness (QED) is 0.638. The van der Waals surface area contributed by atoms with Crippen LogP contribution in [0.15, 0.2) is 0 Å². The first-order valence-corrected chi connectivity index (χ1v) is 6.29. The van der Waals surface area contributed by atoms with Gasteiger partial charge in [0.2, 0.25) is 0 Å². The van der Waals surface area contributed by atoms with Gasteiger partial charge in [0.1, 0.15) is 0 Å². The molecule has 0 bridgehead atoms. The lowest BCUT2D eigenvalue weighted by Crippen LogP contribution is -2.58. The molecule has 2 atom stereocenters. The van der Waals surface area contributed by atoms with Crippen LogP contribution in [-0.2, 0) is 0 Å². The molecule has 76 valence electrons. The highest BCUT2D eigenvalue weighted by Crippen LogP contribution is 2.36. The maximum Gasteiger partial charge on any atom is 0.0776 e. The Morgan fingerprint density at radius 1 is 1.54 bits per heavy atom. The molecule has 2 aliphatic rings. The van der Waals surface area contributed by atoms with Crippen LogP contribution in [0.5, 0.6) is 0 Å². The van der Waals surface area contributed by atoms with Gasteiger partial charge in [0, 0.05) is 12.6 Å². The monoisotopic (exact) mass is 200 g/mol. The highest BCUT2D eigenvalue weighted by atomic mass is 32.2. The molecule has 2 aliphatic heterocycles. The molecule has 0 saturated carbocycles. The average molecular weight is 200 g/mol. The van der Waals surface area contributed by atoms with E-state index in [9.17, 15) is 0 Å². The third kappa shape index (κ3) is 2.20. The lowest BCUT2D eigenvalue weighted by Gasteiger charge is -2.46. The third-order valence-electron chi connectivity index (χ3n) is 3.08. The molecular weight excluding hydrogens is 180 g/mol. The second kappa shape index (κ2) is 3.79. The van der Waals surface area contributed by atoms with E-state index in [1.54, 1.807) is 0 Å². The van der Waals surface area contributed by atoms with Crippen molar-refractivity contribution in [1.82, 2.24) is 10.2 Å². The fourth-order valence-electron chi connectivity index (χ4n) is 2.46. The molecule has 2 unspecified atom stereocenters. The van der Waals surface area contributed by atoms with Crippen LogP contribution in [0.1, 0.15) is 26.2 Å². The highest BCUT2D eigenvalue weighted by Gasteiger charge is 2.37. The van der Waals surface area contributed by atoms with E-state index in [2.05, 4.69) is 35.9 Å². The van der Waals surface area contributed by atoms with E-state index in [-0.39, 0.29) is 0 Å². The SMILES string of the molecule is CC1CCSC2(CCCN(C)C2)N1. The average Bonchev–Trinajstić information content (AvgIpc) is 2.02.